The molecule has 1 fully saturated rings. The molecule has 2 aliphatic heterocycles. The molecule has 1 aromatic rings. The number of rotatable bonds is 3. The molecule has 3 rings (SSSR count). The first kappa shape index (κ1) is 14.7. The van der Waals surface area contributed by atoms with Gasteiger partial charge < -0.3 is 15.0 Å². The molecule has 4 heteroatoms. The number of nitrogens with zero attached hydrogens (tertiary/aromatic N) is 2. The predicted octanol–water partition coefficient (Wildman–Crippen LogP) is 2.42. The molecule has 0 aliphatic carbocycles. The van der Waals surface area contributed by atoms with E-state index in [0.717, 1.165) is 39.3 Å². The predicted molar refractivity (Wildman–Crippen MR) is 88.2 cm³/mol. The van der Waals surface area contributed by atoms with Gasteiger partial charge in [0.05, 0.1) is 24.1 Å². The van der Waals surface area contributed by atoms with Crippen LogP contribution in [-0.4, -0.2) is 56.4 Å². The topological polar surface area (TPSA) is 27.7 Å². The largest absolute Gasteiger partial charge is 0.383 e. The number of morpholine rings is 1. The molecule has 0 spiro atoms. The van der Waals surface area contributed by atoms with Crippen LogP contribution in [0.25, 0.3) is 0 Å². The minimum Gasteiger partial charge on any atom is -0.383 e. The molecule has 0 aromatic heterocycles. The quantitative estimate of drug-likeness (QED) is 0.925. The molecule has 1 aromatic carbocycles. The summed E-state index contributed by atoms with van der Waals surface area (Å²) in [5.41, 5.74) is 2.58. The van der Waals surface area contributed by atoms with E-state index in [0.29, 0.717) is 12.1 Å². The summed E-state index contributed by atoms with van der Waals surface area (Å²) < 4.78 is 6.01. The van der Waals surface area contributed by atoms with E-state index in [9.17, 15) is 0 Å². The Morgan fingerprint density at radius 3 is 3.00 bits per heavy atom. The summed E-state index contributed by atoms with van der Waals surface area (Å²) in [5.74, 6) is 0. The maximum absolute atomic E-state index is 6.01. The normalized spacial score (nSPS) is 23.6. The van der Waals surface area contributed by atoms with Gasteiger partial charge in [-0.1, -0.05) is 12.1 Å². The highest BCUT2D eigenvalue weighted by atomic mass is 16.5. The molecule has 21 heavy (non-hydrogen) atoms. The molecule has 1 saturated heterocycles. The number of para-hydroxylation sites is 2. The highest BCUT2D eigenvalue weighted by Gasteiger charge is 2.25. The van der Waals surface area contributed by atoms with Gasteiger partial charge in [0.1, 0.15) is 0 Å². The van der Waals surface area contributed by atoms with Crippen LogP contribution < -0.4 is 10.2 Å². The van der Waals surface area contributed by atoms with Crippen molar-refractivity contribution < 1.29 is 4.74 Å². The van der Waals surface area contributed by atoms with Crippen LogP contribution in [0.4, 0.5) is 11.4 Å². The van der Waals surface area contributed by atoms with Gasteiger partial charge in [-0.2, -0.15) is 0 Å². The lowest BCUT2D eigenvalue weighted by Gasteiger charge is -2.38. The fraction of sp³-hybridized carbons (Fsp3) is 0.647. The second kappa shape index (κ2) is 6.67. The zero-order chi connectivity index (χ0) is 14.7. The lowest BCUT2D eigenvalue weighted by atomic mass is 10.2. The van der Waals surface area contributed by atoms with Crippen molar-refractivity contribution in [3.05, 3.63) is 24.3 Å². The van der Waals surface area contributed by atoms with E-state index in [1.807, 2.05) is 0 Å². The smallest absolute Gasteiger partial charge is 0.0877 e. The van der Waals surface area contributed by atoms with Gasteiger partial charge in [0.25, 0.3) is 0 Å². The number of fused-ring (bicyclic) bond motifs is 1. The Bertz CT molecular complexity index is 463. The minimum atomic E-state index is 0.312. The summed E-state index contributed by atoms with van der Waals surface area (Å²) in [6, 6.07) is 9.23. The van der Waals surface area contributed by atoms with Gasteiger partial charge in [-0.25, -0.2) is 0 Å². The van der Waals surface area contributed by atoms with Crippen LogP contribution in [0, 0.1) is 0 Å². The molecule has 0 bridgehead atoms. The third kappa shape index (κ3) is 3.50. The molecule has 116 valence electrons. The van der Waals surface area contributed by atoms with Crippen LogP contribution in [-0.2, 0) is 4.74 Å². The van der Waals surface area contributed by atoms with Gasteiger partial charge in [0.15, 0.2) is 0 Å². The van der Waals surface area contributed by atoms with Crippen molar-refractivity contribution in [2.75, 3.05) is 49.5 Å². The molecular weight excluding hydrogens is 262 g/mol. The van der Waals surface area contributed by atoms with Crippen LogP contribution in [0.3, 0.4) is 0 Å². The molecule has 1 atom stereocenters. The van der Waals surface area contributed by atoms with Crippen LogP contribution >= 0.6 is 0 Å². The minimum absolute atomic E-state index is 0.312. The summed E-state index contributed by atoms with van der Waals surface area (Å²) in [5, 5.41) is 3.53. The van der Waals surface area contributed by atoms with Crippen molar-refractivity contribution >= 4 is 11.4 Å². The maximum Gasteiger partial charge on any atom is 0.0877 e. The van der Waals surface area contributed by atoms with Gasteiger partial charge >= 0.3 is 0 Å². The number of benzene rings is 1. The van der Waals surface area contributed by atoms with Gasteiger partial charge in [0, 0.05) is 38.8 Å². The third-order valence-corrected chi connectivity index (χ3v) is 4.49. The van der Waals surface area contributed by atoms with Crippen LogP contribution in [0.2, 0.25) is 0 Å². The number of nitrogens with one attached hydrogen (secondary N) is 1. The lowest BCUT2D eigenvalue weighted by Crippen LogP contribution is -2.50. The second-order valence-electron chi connectivity index (χ2n) is 6.32. The van der Waals surface area contributed by atoms with E-state index in [1.165, 1.54) is 17.8 Å². The lowest BCUT2D eigenvalue weighted by molar-refractivity contribution is -0.0342. The molecule has 1 unspecified atom stereocenters. The average Bonchev–Trinajstić information content (AvgIpc) is 2.70. The first-order valence-corrected chi connectivity index (χ1v) is 8.17. The number of ether oxygens (including phenoxy) is 1. The van der Waals surface area contributed by atoms with E-state index in [1.54, 1.807) is 0 Å². The zero-order valence-electron chi connectivity index (χ0n) is 13.2. The Morgan fingerprint density at radius 1 is 1.29 bits per heavy atom. The number of hydrogen-bond acceptors (Lipinski definition) is 4. The SMILES string of the molecule is CC(C)N1CCOC(CN2CCCNc3ccccc32)C1. The molecule has 1 N–H and O–H groups in total. The summed E-state index contributed by atoms with van der Waals surface area (Å²) in [6.07, 6.45) is 1.49. The van der Waals surface area contributed by atoms with E-state index >= 15 is 0 Å². The van der Waals surface area contributed by atoms with Crippen molar-refractivity contribution in [3.63, 3.8) is 0 Å². The van der Waals surface area contributed by atoms with Crippen molar-refractivity contribution in [1.82, 2.24) is 4.90 Å². The molecular formula is C17H27N3O. The maximum atomic E-state index is 6.01. The van der Waals surface area contributed by atoms with Gasteiger partial charge in [-0.05, 0) is 32.4 Å². The molecule has 2 aliphatic rings. The standard InChI is InChI=1S/C17H27N3O/c1-14(2)19-10-11-21-15(12-19)13-20-9-5-8-18-16-6-3-4-7-17(16)20/h3-4,6-7,14-15,18H,5,8-13H2,1-2H3. The first-order chi connectivity index (χ1) is 10.2. The van der Waals surface area contributed by atoms with Gasteiger partial charge in [0.2, 0.25) is 0 Å². The zero-order valence-corrected chi connectivity index (χ0v) is 13.2. The van der Waals surface area contributed by atoms with Crippen LogP contribution in [0.5, 0.6) is 0 Å². The third-order valence-electron chi connectivity index (χ3n) is 4.49. The second-order valence-corrected chi connectivity index (χ2v) is 6.32. The Kier molecular flexibility index (Phi) is 4.66. The van der Waals surface area contributed by atoms with Gasteiger partial charge in [-0.3, -0.25) is 4.90 Å². The Morgan fingerprint density at radius 2 is 2.14 bits per heavy atom. The molecule has 0 saturated carbocycles. The van der Waals surface area contributed by atoms with Crippen LogP contribution in [0.15, 0.2) is 24.3 Å². The molecule has 4 nitrogen and oxygen atoms in total. The Labute approximate surface area is 128 Å². The van der Waals surface area contributed by atoms with Crippen molar-refractivity contribution in [2.45, 2.75) is 32.4 Å². The fourth-order valence-electron chi connectivity index (χ4n) is 3.27. The van der Waals surface area contributed by atoms with Crippen molar-refractivity contribution in [2.24, 2.45) is 0 Å². The molecule has 0 amide bonds. The fourth-order valence-corrected chi connectivity index (χ4v) is 3.27. The monoisotopic (exact) mass is 289 g/mol. The van der Waals surface area contributed by atoms with Gasteiger partial charge in [-0.15, -0.1) is 0 Å². The summed E-state index contributed by atoms with van der Waals surface area (Å²) in [6.45, 7) is 10.7. The number of anilines is 2. The van der Waals surface area contributed by atoms with E-state index < -0.39 is 0 Å². The van der Waals surface area contributed by atoms with Crippen molar-refractivity contribution in [1.29, 1.82) is 0 Å². The summed E-state index contributed by atoms with van der Waals surface area (Å²) >= 11 is 0. The highest BCUT2D eigenvalue weighted by molar-refractivity contribution is 5.70. The average molecular weight is 289 g/mol. The van der Waals surface area contributed by atoms with E-state index in [4.69, 9.17) is 4.74 Å². The number of hydrogen-bond donors (Lipinski definition) is 1. The molecule has 0 radical (unpaired) electrons. The summed E-state index contributed by atoms with van der Waals surface area (Å²) in [4.78, 5) is 5.01. The van der Waals surface area contributed by atoms with E-state index in [2.05, 4.69) is 53.2 Å². The highest BCUT2D eigenvalue weighted by Crippen LogP contribution is 2.28. The van der Waals surface area contributed by atoms with Crippen molar-refractivity contribution in [3.8, 4) is 0 Å². The van der Waals surface area contributed by atoms with E-state index in [-0.39, 0.29) is 0 Å². The Hall–Kier alpha value is -1.26. The Balaban J connectivity index is 1.69. The first-order valence-electron chi connectivity index (χ1n) is 8.17. The molecule has 2 heterocycles. The van der Waals surface area contributed by atoms with Crippen LogP contribution in [0.1, 0.15) is 20.3 Å². The summed E-state index contributed by atoms with van der Waals surface area (Å²) in [7, 11) is 0.